The van der Waals surface area contributed by atoms with E-state index in [-0.39, 0.29) is 8.76 Å². The van der Waals surface area contributed by atoms with Crippen molar-refractivity contribution in [3.05, 3.63) is 17.3 Å². The summed E-state index contributed by atoms with van der Waals surface area (Å²) in [4.78, 5) is 11.2. The number of nitrogens with zero attached hydrogens (tertiary/aromatic N) is 2. The maximum atomic E-state index is 11.2. The molecule has 0 aliphatic rings. The van der Waals surface area contributed by atoms with Crippen LogP contribution in [0.1, 0.15) is 32.8 Å². The highest BCUT2D eigenvalue weighted by Gasteiger charge is 2.09. The smallest absolute Gasteiger partial charge is 0.271 e. The molecule has 0 fully saturated rings. The van der Waals surface area contributed by atoms with Crippen molar-refractivity contribution in [3.63, 3.8) is 0 Å². The van der Waals surface area contributed by atoms with Gasteiger partial charge in [0.15, 0.2) is 5.69 Å². The van der Waals surface area contributed by atoms with E-state index < -0.39 is 0 Å². The molecule has 88 valence electrons. The number of hydrogen-bond donors (Lipinski definition) is 2. The molecule has 0 aliphatic carbocycles. The quantitative estimate of drug-likeness (QED) is 0.786. The summed E-state index contributed by atoms with van der Waals surface area (Å²) < 4.78 is 0. The third-order valence-electron chi connectivity index (χ3n) is 1.68. The molecule has 15 heavy (non-hydrogen) atoms. The van der Waals surface area contributed by atoms with Crippen molar-refractivity contribution in [2.75, 3.05) is 19.4 Å². The minimum absolute atomic E-state index is 0. The fourth-order valence-corrected chi connectivity index (χ4v) is 0.950. The van der Waals surface area contributed by atoms with Gasteiger partial charge in [-0.15, -0.1) is 10.2 Å². The Hall–Kier alpha value is -1.65. The molecule has 5 heteroatoms. The molecule has 0 saturated carbocycles. The van der Waals surface area contributed by atoms with E-state index in [1.807, 2.05) is 20.8 Å². The summed E-state index contributed by atoms with van der Waals surface area (Å²) in [7, 11) is 3.32. The molecule has 2 N–H and O–H groups in total. The first-order chi connectivity index (χ1) is 7.19. The molecule has 0 spiro atoms. The van der Waals surface area contributed by atoms with E-state index in [2.05, 4.69) is 20.8 Å². The maximum absolute atomic E-state index is 11.2. The second-order valence-electron chi connectivity index (χ2n) is 2.59. The zero-order chi connectivity index (χ0) is 11.8. The summed E-state index contributed by atoms with van der Waals surface area (Å²) in [5.74, 6) is 0.442. The van der Waals surface area contributed by atoms with Crippen LogP contribution >= 0.6 is 0 Å². The molecule has 1 amide bonds. The number of carbonyl (C=O) groups is 1. The van der Waals surface area contributed by atoms with E-state index in [0.29, 0.717) is 11.5 Å². The molecule has 0 atom stereocenters. The Balaban J connectivity index is -0.000000464. The summed E-state index contributed by atoms with van der Waals surface area (Å²) in [5.41, 5.74) is 1.17. The van der Waals surface area contributed by atoms with Gasteiger partial charge in [0.05, 0.1) is 0 Å². The first kappa shape index (κ1) is 13.4. The Morgan fingerprint density at radius 1 is 1.33 bits per heavy atom. The van der Waals surface area contributed by atoms with Crippen molar-refractivity contribution >= 4 is 11.7 Å². The zero-order valence-corrected chi connectivity index (χ0v) is 9.88. The van der Waals surface area contributed by atoms with Gasteiger partial charge < -0.3 is 10.6 Å². The average Bonchev–Trinajstić information content (AvgIpc) is 2.30. The SMILES string of the molecule is CC.CNC(=O)c1nnc(NC)cc1C.[HH].[HH]. The minimum Gasteiger partial charge on any atom is -0.372 e. The standard InChI is InChI=1S/C8H12N4O.C2H6.2H2/c1-5-4-6(9-2)11-12-7(5)8(13)10-3;1-2;;/h4H,1-3H3,(H,9,11)(H,10,13);1-2H3;2*1H. The highest BCUT2D eigenvalue weighted by molar-refractivity contribution is 5.93. The molecule has 0 saturated heterocycles. The van der Waals surface area contributed by atoms with Gasteiger partial charge in [-0.2, -0.15) is 0 Å². The van der Waals surface area contributed by atoms with Crippen LogP contribution in [0.3, 0.4) is 0 Å². The van der Waals surface area contributed by atoms with E-state index in [4.69, 9.17) is 0 Å². The highest BCUT2D eigenvalue weighted by Crippen LogP contribution is 2.07. The molecule has 1 rings (SSSR count). The van der Waals surface area contributed by atoms with Gasteiger partial charge in [-0.05, 0) is 18.6 Å². The Kier molecular flexibility index (Phi) is 6.01. The van der Waals surface area contributed by atoms with Gasteiger partial charge in [-0.1, -0.05) is 13.8 Å². The number of carbonyl (C=O) groups excluding carboxylic acids is 1. The van der Waals surface area contributed by atoms with Gasteiger partial charge in [0.1, 0.15) is 5.82 Å². The van der Waals surface area contributed by atoms with Crippen LogP contribution in [0.25, 0.3) is 0 Å². The van der Waals surface area contributed by atoms with E-state index in [1.165, 1.54) is 0 Å². The van der Waals surface area contributed by atoms with Gasteiger partial charge in [-0.3, -0.25) is 4.79 Å². The Morgan fingerprint density at radius 2 is 1.93 bits per heavy atom. The summed E-state index contributed by atoms with van der Waals surface area (Å²) in [6.07, 6.45) is 0. The molecular formula is C10H22N4O. The molecule has 0 bridgehead atoms. The molecule has 1 aromatic heterocycles. The number of aryl methyl sites for hydroxylation is 1. The van der Waals surface area contributed by atoms with E-state index in [1.54, 1.807) is 20.2 Å². The number of anilines is 1. The molecule has 1 heterocycles. The van der Waals surface area contributed by atoms with Crippen LogP contribution in [0.5, 0.6) is 0 Å². The average molecular weight is 214 g/mol. The van der Waals surface area contributed by atoms with Crippen LogP contribution in [0.15, 0.2) is 6.07 Å². The summed E-state index contributed by atoms with van der Waals surface area (Å²) >= 11 is 0. The third-order valence-corrected chi connectivity index (χ3v) is 1.68. The van der Waals surface area contributed by atoms with Crippen LogP contribution in [-0.4, -0.2) is 30.2 Å². The van der Waals surface area contributed by atoms with Gasteiger partial charge in [0.2, 0.25) is 0 Å². The number of rotatable bonds is 2. The van der Waals surface area contributed by atoms with Crippen LogP contribution in [0.2, 0.25) is 0 Å². The molecule has 5 nitrogen and oxygen atoms in total. The van der Waals surface area contributed by atoms with E-state index in [9.17, 15) is 4.79 Å². The van der Waals surface area contributed by atoms with Crippen molar-refractivity contribution < 1.29 is 7.65 Å². The predicted octanol–water partition coefficient (Wildman–Crippen LogP) is 1.70. The Bertz CT molecular complexity index is 334. The lowest BCUT2D eigenvalue weighted by molar-refractivity contribution is 0.0956. The lowest BCUT2D eigenvalue weighted by atomic mass is 10.2. The van der Waals surface area contributed by atoms with Crippen molar-refractivity contribution in [2.45, 2.75) is 20.8 Å². The second kappa shape index (κ2) is 6.75. The highest BCUT2D eigenvalue weighted by atomic mass is 16.1. The Labute approximate surface area is 93.3 Å². The maximum Gasteiger partial charge on any atom is 0.271 e. The van der Waals surface area contributed by atoms with Crippen molar-refractivity contribution in [3.8, 4) is 0 Å². The number of amides is 1. The van der Waals surface area contributed by atoms with Gasteiger partial charge in [0, 0.05) is 16.9 Å². The fourth-order valence-electron chi connectivity index (χ4n) is 0.950. The Morgan fingerprint density at radius 3 is 2.33 bits per heavy atom. The second-order valence-corrected chi connectivity index (χ2v) is 2.59. The van der Waals surface area contributed by atoms with E-state index in [0.717, 1.165) is 5.56 Å². The predicted molar refractivity (Wildman–Crippen MR) is 65.3 cm³/mol. The summed E-state index contributed by atoms with van der Waals surface area (Å²) in [6.45, 7) is 5.82. The van der Waals surface area contributed by atoms with Gasteiger partial charge >= 0.3 is 0 Å². The lowest BCUT2D eigenvalue weighted by Gasteiger charge is -2.03. The van der Waals surface area contributed by atoms with Crippen LogP contribution in [0.4, 0.5) is 5.82 Å². The van der Waals surface area contributed by atoms with Crippen molar-refractivity contribution in [1.82, 2.24) is 15.5 Å². The molecule has 0 radical (unpaired) electrons. The third kappa shape index (κ3) is 3.53. The molecular weight excluding hydrogens is 192 g/mol. The first-order valence-corrected chi connectivity index (χ1v) is 4.93. The number of aromatic nitrogens is 2. The number of hydrogen-bond acceptors (Lipinski definition) is 4. The van der Waals surface area contributed by atoms with Gasteiger partial charge in [-0.25, -0.2) is 0 Å². The fraction of sp³-hybridized carbons (Fsp3) is 0.500. The topological polar surface area (TPSA) is 66.9 Å². The number of nitrogens with one attached hydrogen (secondary N) is 2. The van der Waals surface area contributed by atoms with Gasteiger partial charge in [0.25, 0.3) is 5.91 Å². The van der Waals surface area contributed by atoms with Crippen LogP contribution < -0.4 is 10.6 Å². The monoisotopic (exact) mass is 214 g/mol. The molecule has 0 unspecified atom stereocenters. The minimum atomic E-state index is -0.215. The zero-order valence-electron chi connectivity index (χ0n) is 9.88. The summed E-state index contributed by atoms with van der Waals surface area (Å²) in [6, 6.07) is 1.78. The molecule has 1 aromatic rings. The normalized spacial score (nSPS) is 8.60. The summed E-state index contributed by atoms with van der Waals surface area (Å²) in [5, 5.41) is 12.9. The van der Waals surface area contributed by atoms with Crippen LogP contribution in [0, 0.1) is 6.92 Å². The first-order valence-electron chi connectivity index (χ1n) is 4.93. The lowest BCUT2D eigenvalue weighted by Crippen LogP contribution is -2.21. The van der Waals surface area contributed by atoms with Crippen molar-refractivity contribution in [2.24, 2.45) is 0 Å². The van der Waals surface area contributed by atoms with Crippen molar-refractivity contribution in [1.29, 1.82) is 0 Å². The van der Waals surface area contributed by atoms with Crippen LogP contribution in [-0.2, 0) is 0 Å². The molecule has 0 aliphatic heterocycles. The molecule has 0 aromatic carbocycles. The van der Waals surface area contributed by atoms with E-state index >= 15 is 0 Å². The largest absolute Gasteiger partial charge is 0.372 e.